The van der Waals surface area contributed by atoms with Gasteiger partial charge in [0.1, 0.15) is 17.5 Å². The molecule has 1 aliphatic heterocycles. The fourth-order valence-corrected chi connectivity index (χ4v) is 6.75. The summed E-state index contributed by atoms with van der Waals surface area (Å²) in [4.78, 5) is 32.3. The highest BCUT2D eigenvalue weighted by atomic mass is 79.9. The van der Waals surface area contributed by atoms with Gasteiger partial charge in [-0.1, -0.05) is 29.5 Å². The summed E-state index contributed by atoms with van der Waals surface area (Å²) < 4.78 is 20.8. The molecule has 0 spiro atoms. The van der Waals surface area contributed by atoms with Gasteiger partial charge in [-0.3, -0.25) is 9.36 Å². The van der Waals surface area contributed by atoms with Gasteiger partial charge in [-0.15, -0.1) is 0 Å². The van der Waals surface area contributed by atoms with Gasteiger partial charge in [-0.25, -0.2) is 9.79 Å². The van der Waals surface area contributed by atoms with Gasteiger partial charge < -0.3 is 14.2 Å². The van der Waals surface area contributed by atoms with Crippen LogP contribution in [0.4, 0.5) is 0 Å². The minimum absolute atomic E-state index is 0.0975. The van der Waals surface area contributed by atoms with Crippen LogP contribution >= 0.6 is 43.2 Å². The van der Waals surface area contributed by atoms with E-state index in [0.717, 1.165) is 14.5 Å². The van der Waals surface area contributed by atoms with Crippen LogP contribution in [0.2, 0.25) is 0 Å². The van der Waals surface area contributed by atoms with Crippen molar-refractivity contribution in [3.63, 3.8) is 0 Å². The predicted molar refractivity (Wildman–Crippen MR) is 156 cm³/mol. The summed E-state index contributed by atoms with van der Waals surface area (Å²) in [6.45, 7) is 10.0. The summed E-state index contributed by atoms with van der Waals surface area (Å²) in [5.41, 5.74) is 2.06. The zero-order chi connectivity index (χ0) is 27.6. The maximum atomic E-state index is 13.9. The molecular formula is C28H28Br2N2O5S. The average molecular weight is 664 g/mol. The zero-order valence-electron chi connectivity index (χ0n) is 21.7. The summed E-state index contributed by atoms with van der Waals surface area (Å²) in [5.74, 6) is 0.785. The Morgan fingerprint density at radius 2 is 1.84 bits per heavy atom. The van der Waals surface area contributed by atoms with E-state index in [2.05, 4.69) is 36.9 Å². The number of nitrogens with zero attached hydrogens (tertiary/aromatic N) is 2. The normalized spacial score (nSPS) is 15.4. The molecule has 4 rings (SSSR count). The van der Waals surface area contributed by atoms with Crippen molar-refractivity contribution in [1.82, 2.24) is 4.57 Å². The molecule has 0 amide bonds. The van der Waals surface area contributed by atoms with Crippen molar-refractivity contribution in [2.45, 2.75) is 46.8 Å². The van der Waals surface area contributed by atoms with E-state index in [0.29, 0.717) is 44.3 Å². The summed E-state index contributed by atoms with van der Waals surface area (Å²) in [6.07, 6.45) is 1.71. The number of esters is 1. The predicted octanol–water partition coefficient (Wildman–Crippen LogP) is 5.51. The summed E-state index contributed by atoms with van der Waals surface area (Å²) >= 11 is 8.38. The fourth-order valence-electron chi connectivity index (χ4n) is 4.25. The molecule has 0 aliphatic carbocycles. The van der Waals surface area contributed by atoms with E-state index >= 15 is 0 Å². The van der Waals surface area contributed by atoms with Gasteiger partial charge in [0.15, 0.2) is 4.80 Å². The SMILES string of the molecule is CCOC(=O)C1=C(C)N=c2s/c(=C/c3cc(Br)c(OCC)c(Br)c3)c(=O)n2[C@@H]1c1ccccc1OC(C)C. The molecule has 0 fully saturated rings. The Morgan fingerprint density at radius 1 is 1.16 bits per heavy atom. The number of rotatable bonds is 8. The molecule has 2 heterocycles. The van der Waals surface area contributed by atoms with Gasteiger partial charge >= 0.3 is 5.97 Å². The number of hydrogen-bond donors (Lipinski definition) is 0. The topological polar surface area (TPSA) is 79.1 Å². The molecule has 38 heavy (non-hydrogen) atoms. The molecule has 0 N–H and O–H groups in total. The highest BCUT2D eigenvalue weighted by Crippen LogP contribution is 2.37. The lowest BCUT2D eigenvalue weighted by Gasteiger charge is -2.26. The number of ether oxygens (including phenoxy) is 3. The van der Waals surface area contributed by atoms with Gasteiger partial charge in [0.2, 0.25) is 0 Å². The van der Waals surface area contributed by atoms with Crippen LogP contribution in [0.15, 0.2) is 66.4 Å². The van der Waals surface area contributed by atoms with Crippen LogP contribution in [0.1, 0.15) is 51.8 Å². The van der Waals surface area contributed by atoms with Gasteiger partial charge in [-0.05, 0) is 96.3 Å². The molecule has 10 heteroatoms. The first kappa shape index (κ1) is 28.3. The highest BCUT2D eigenvalue weighted by molar-refractivity contribution is 9.11. The fraction of sp³-hybridized carbons (Fsp3) is 0.321. The number of carbonyl (C=O) groups is 1. The number of allylic oxidation sites excluding steroid dienone is 1. The van der Waals surface area contributed by atoms with Gasteiger partial charge in [0, 0.05) is 5.56 Å². The van der Waals surface area contributed by atoms with Crippen LogP contribution in [0, 0.1) is 0 Å². The second-order valence-electron chi connectivity index (χ2n) is 8.75. The highest BCUT2D eigenvalue weighted by Gasteiger charge is 2.35. The Labute approximate surface area is 241 Å². The molecule has 0 radical (unpaired) electrons. The molecule has 3 aromatic rings. The van der Waals surface area contributed by atoms with Gasteiger partial charge in [-0.2, -0.15) is 0 Å². The van der Waals surface area contributed by atoms with Gasteiger partial charge in [0.05, 0.1) is 44.1 Å². The first-order valence-electron chi connectivity index (χ1n) is 12.2. The maximum Gasteiger partial charge on any atom is 0.338 e. The van der Waals surface area contributed by atoms with Crippen LogP contribution in [0.25, 0.3) is 6.08 Å². The molecule has 0 unspecified atom stereocenters. The first-order valence-corrected chi connectivity index (χ1v) is 14.6. The van der Waals surface area contributed by atoms with Crippen LogP contribution < -0.4 is 24.4 Å². The molecule has 0 saturated heterocycles. The number of aromatic nitrogens is 1. The third-order valence-corrected chi connectivity index (χ3v) is 7.86. The smallest absolute Gasteiger partial charge is 0.338 e. The third-order valence-electron chi connectivity index (χ3n) is 5.70. The van der Waals surface area contributed by atoms with Crippen molar-refractivity contribution >= 4 is 55.2 Å². The first-order chi connectivity index (χ1) is 18.2. The molecule has 2 aromatic carbocycles. The number of hydrogen-bond acceptors (Lipinski definition) is 7. The number of para-hydroxylation sites is 1. The Kier molecular flexibility index (Phi) is 8.95. The lowest BCUT2D eigenvalue weighted by Crippen LogP contribution is -2.40. The maximum absolute atomic E-state index is 13.9. The van der Waals surface area contributed by atoms with Crippen LogP contribution in [-0.2, 0) is 9.53 Å². The standard InChI is InChI=1S/C28H28Br2N2O5S/c1-6-35-25-19(29)12-17(13-20(25)30)14-22-26(33)32-24(18-10-8-9-11-21(18)37-15(3)4)23(27(34)36-7-2)16(5)31-28(32)38-22/h8-15,24H,6-7H2,1-5H3/b22-14+/t24-/m1/s1. The Bertz CT molecular complexity index is 1570. The van der Waals surface area contributed by atoms with Crippen molar-refractivity contribution in [3.05, 3.63) is 87.4 Å². The minimum atomic E-state index is -0.749. The van der Waals surface area contributed by atoms with Crippen LogP contribution in [0.3, 0.4) is 0 Å². The van der Waals surface area contributed by atoms with E-state index in [9.17, 15) is 9.59 Å². The van der Waals surface area contributed by atoms with E-state index < -0.39 is 12.0 Å². The Hall–Kier alpha value is -2.69. The Morgan fingerprint density at radius 3 is 2.47 bits per heavy atom. The van der Waals surface area contributed by atoms with Crippen LogP contribution in [0.5, 0.6) is 11.5 Å². The average Bonchev–Trinajstić information content (AvgIpc) is 3.15. The van der Waals surface area contributed by atoms with Crippen molar-refractivity contribution in [2.75, 3.05) is 13.2 Å². The molecule has 0 saturated carbocycles. The molecule has 1 aliphatic rings. The third kappa shape index (κ3) is 5.67. The number of thiazole rings is 1. The van der Waals surface area contributed by atoms with Crippen molar-refractivity contribution < 1.29 is 19.0 Å². The molecular weight excluding hydrogens is 636 g/mol. The summed E-state index contributed by atoms with van der Waals surface area (Å²) in [6, 6.07) is 10.5. The van der Waals surface area contributed by atoms with E-state index in [1.807, 2.05) is 63.2 Å². The van der Waals surface area contributed by atoms with Crippen LogP contribution in [-0.4, -0.2) is 29.9 Å². The minimum Gasteiger partial charge on any atom is -0.492 e. The van der Waals surface area contributed by atoms with Crippen molar-refractivity contribution in [3.8, 4) is 11.5 Å². The largest absolute Gasteiger partial charge is 0.492 e. The number of benzene rings is 2. The molecule has 0 bridgehead atoms. The monoisotopic (exact) mass is 662 g/mol. The lowest BCUT2D eigenvalue weighted by molar-refractivity contribution is -0.139. The van der Waals surface area contributed by atoms with Gasteiger partial charge in [0.25, 0.3) is 5.56 Å². The van der Waals surface area contributed by atoms with E-state index in [4.69, 9.17) is 14.2 Å². The summed E-state index contributed by atoms with van der Waals surface area (Å²) in [5, 5.41) is 0. The zero-order valence-corrected chi connectivity index (χ0v) is 25.7. The quantitative estimate of drug-likeness (QED) is 0.297. The molecule has 200 valence electrons. The second kappa shape index (κ2) is 12.0. The number of carbonyl (C=O) groups excluding carboxylic acids is 1. The van der Waals surface area contributed by atoms with Crippen molar-refractivity contribution in [2.24, 2.45) is 4.99 Å². The lowest BCUT2D eigenvalue weighted by atomic mass is 9.95. The van der Waals surface area contributed by atoms with E-state index in [1.54, 1.807) is 18.4 Å². The van der Waals surface area contributed by atoms with E-state index in [1.165, 1.54) is 11.3 Å². The summed E-state index contributed by atoms with van der Waals surface area (Å²) in [7, 11) is 0. The van der Waals surface area contributed by atoms with E-state index in [-0.39, 0.29) is 18.3 Å². The number of fused-ring (bicyclic) bond motifs is 1. The molecule has 1 aromatic heterocycles. The molecule has 7 nitrogen and oxygen atoms in total. The molecule has 1 atom stereocenters. The Balaban J connectivity index is 1.95. The second-order valence-corrected chi connectivity index (χ2v) is 11.5. The number of halogens is 2. The van der Waals surface area contributed by atoms with Crippen molar-refractivity contribution in [1.29, 1.82) is 0 Å².